The fourth-order valence-corrected chi connectivity index (χ4v) is 3.84. The van der Waals surface area contributed by atoms with E-state index in [1.54, 1.807) is 6.92 Å². The minimum absolute atomic E-state index is 0.0960. The molecule has 0 aliphatic rings. The summed E-state index contributed by atoms with van der Waals surface area (Å²) in [7, 11) is -10.6. The number of nitrogens with zero attached hydrogens (tertiary/aromatic N) is 1. The van der Waals surface area contributed by atoms with Crippen LogP contribution in [0.3, 0.4) is 0 Å². The maximum atomic E-state index is 11.9. The second kappa shape index (κ2) is 6.06. The van der Waals surface area contributed by atoms with Crippen molar-refractivity contribution in [2.24, 2.45) is 0 Å². The van der Waals surface area contributed by atoms with Gasteiger partial charge in [0.25, 0.3) is 0 Å². The lowest BCUT2D eigenvalue weighted by molar-refractivity contribution is 0.196. The second-order valence-corrected chi connectivity index (χ2v) is 8.67. The SMILES string of the molecule is Cc1ccc(N(C(CO)CO)S(=O)(=O)S(=O)(=O)O)cc1. The smallest absolute Gasteiger partial charge is 0.391 e. The van der Waals surface area contributed by atoms with Crippen LogP contribution in [-0.2, 0) is 18.2 Å². The molecule has 1 rings (SSSR count). The molecule has 0 saturated carbocycles. The van der Waals surface area contributed by atoms with Crippen LogP contribution in [0.4, 0.5) is 5.69 Å². The Morgan fingerprint density at radius 3 is 1.85 bits per heavy atom. The van der Waals surface area contributed by atoms with Crippen molar-refractivity contribution in [2.75, 3.05) is 17.5 Å². The van der Waals surface area contributed by atoms with Gasteiger partial charge in [-0.25, -0.2) is 4.31 Å². The van der Waals surface area contributed by atoms with Gasteiger partial charge in [0, 0.05) is 0 Å². The van der Waals surface area contributed by atoms with Crippen LogP contribution in [-0.4, -0.2) is 50.9 Å². The Hall–Kier alpha value is -1.20. The maximum Gasteiger partial charge on any atom is 0.391 e. The third-order valence-corrected chi connectivity index (χ3v) is 6.15. The monoisotopic (exact) mass is 325 g/mol. The highest BCUT2D eigenvalue weighted by Crippen LogP contribution is 2.24. The zero-order chi connectivity index (χ0) is 15.6. The first kappa shape index (κ1) is 16.9. The zero-order valence-electron chi connectivity index (χ0n) is 10.5. The van der Waals surface area contributed by atoms with Crippen molar-refractivity contribution in [3.05, 3.63) is 29.8 Å². The summed E-state index contributed by atoms with van der Waals surface area (Å²) >= 11 is 0. The number of benzene rings is 1. The average Bonchev–Trinajstić information content (AvgIpc) is 2.35. The topological polar surface area (TPSA) is 132 Å². The molecule has 0 radical (unpaired) electrons. The molecule has 0 aliphatic carbocycles. The van der Waals surface area contributed by atoms with Gasteiger partial charge in [-0.2, -0.15) is 16.8 Å². The Morgan fingerprint density at radius 1 is 1.05 bits per heavy atom. The lowest BCUT2D eigenvalue weighted by atomic mass is 10.2. The van der Waals surface area contributed by atoms with Crippen molar-refractivity contribution >= 4 is 23.9 Å². The van der Waals surface area contributed by atoms with E-state index in [0.717, 1.165) is 5.56 Å². The lowest BCUT2D eigenvalue weighted by Gasteiger charge is -2.28. The first-order valence-electron chi connectivity index (χ1n) is 5.45. The van der Waals surface area contributed by atoms with Gasteiger partial charge >= 0.3 is 18.2 Å². The quantitative estimate of drug-likeness (QED) is 0.465. The summed E-state index contributed by atoms with van der Waals surface area (Å²) in [6.45, 7) is 0.0965. The molecule has 20 heavy (non-hydrogen) atoms. The molecule has 1 aromatic rings. The van der Waals surface area contributed by atoms with E-state index in [1.807, 2.05) is 0 Å². The minimum Gasteiger partial charge on any atom is -0.394 e. The molecule has 0 spiro atoms. The van der Waals surface area contributed by atoms with Gasteiger partial charge in [-0.05, 0) is 19.1 Å². The first-order chi connectivity index (χ1) is 9.15. The van der Waals surface area contributed by atoms with Crippen LogP contribution in [0.15, 0.2) is 24.3 Å². The number of aliphatic hydroxyl groups is 2. The maximum absolute atomic E-state index is 11.9. The van der Waals surface area contributed by atoms with E-state index in [9.17, 15) is 16.8 Å². The Labute approximate surface area is 116 Å². The van der Waals surface area contributed by atoms with Crippen LogP contribution in [0.2, 0.25) is 0 Å². The molecular weight excluding hydrogens is 310 g/mol. The highest BCUT2D eigenvalue weighted by atomic mass is 33.2. The lowest BCUT2D eigenvalue weighted by Crippen LogP contribution is -2.47. The molecular formula is C10H15NO7S2. The van der Waals surface area contributed by atoms with Gasteiger partial charge in [-0.15, -0.1) is 0 Å². The highest BCUT2D eigenvalue weighted by Gasteiger charge is 2.39. The van der Waals surface area contributed by atoms with Crippen molar-refractivity contribution in [3.63, 3.8) is 0 Å². The summed E-state index contributed by atoms with van der Waals surface area (Å²) in [5.74, 6) is 0. The molecule has 0 saturated heterocycles. The molecule has 114 valence electrons. The van der Waals surface area contributed by atoms with E-state index in [1.165, 1.54) is 24.3 Å². The molecule has 3 N–H and O–H groups in total. The van der Waals surface area contributed by atoms with Crippen LogP contribution in [0.1, 0.15) is 5.56 Å². The number of aliphatic hydroxyl groups excluding tert-OH is 2. The summed E-state index contributed by atoms with van der Waals surface area (Å²) in [5.41, 5.74) is 0.698. The molecule has 0 aromatic heterocycles. The van der Waals surface area contributed by atoms with Gasteiger partial charge in [0.15, 0.2) is 0 Å². The van der Waals surface area contributed by atoms with Gasteiger partial charge in [0.2, 0.25) is 0 Å². The van der Waals surface area contributed by atoms with E-state index < -0.39 is 37.5 Å². The summed E-state index contributed by atoms with van der Waals surface area (Å²) < 4.78 is 54.9. The Bertz CT molecular complexity index is 647. The van der Waals surface area contributed by atoms with Gasteiger partial charge in [0.1, 0.15) is 0 Å². The Morgan fingerprint density at radius 2 is 1.50 bits per heavy atom. The number of hydrogen-bond acceptors (Lipinski definition) is 6. The Kier molecular flexibility index (Phi) is 5.10. The molecule has 1 aromatic carbocycles. The molecule has 0 unspecified atom stereocenters. The van der Waals surface area contributed by atoms with E-state index >= 15 is 0 Å². The van der Waals surface area contributed by atoms with Gasteiger partial charge in [0.05, 0.1) is 24.9 Å². The van der Waals surface area contributed by atoms with Crippen LogP contribution >= 0.6 is 0 Å². The van der Waals surface area contributed by atoms with Crippen molar-refractivity contribution in [1.29, 1.82) is 0 Å². The summed E-state index contributed by atoms with van der Waals surface area (Å²) in [6.07, 6.45) is 0. The predicted octanol–water partition coefficient (Wildman–Crippen LogP) is -0.713. The number of aryl methyl sites for hydroxylation is 1. The standard InChI is InChI=1S/C10H15NO7S2/c1-8-2-4-9(5-3-8)11(10(6-12)7-13)19(14,15)20(16,17)18/h2-5,10,12-13H,6-7H2,1H3,(H,16,17,18). The number of rotatable bonds is 6. The van der Waals surface area contributed by atoms with E-state index in [2.05, 4.69) is 0 Å². The summed E-state index contributed by atoms with van der Waals surface area (Å²) in [6, 6.07) is 4.22. The van der Waals surface area contributed by atoms with Crippen molar-refractivity contribution in [3.8, 4) is 0 Å². The van der Waals surface area contributed by atoms with E-state index in [-0.39, 0.29) is 9.99 Å². The molecule has 8 nitrogen and oxygen atoms in total. The molecule has 0 aliphatic heterocycles. The zero-order valence-corrected chi connectivity index (χ0v) is 12.2. The van der Waals surface area contributed by atoms with Crippen molar-refractivity contribution in [1.82, 2.24) is 0 Å². The van der Waals surface area contributed by atoms with Crippen molar-refractivity contribution in [2.45, 2.75) is 13.0 Å². The van der Waals surface area contributed by atoms with Gasteiger partial charge in [-0.1, -0.05) is 17.7 Å². The Balaban J connectivity index is 3.48. The molecule has 0 bridgehead atoms. The van der Waals surface area contributed by atoms with Gasteiger partial charge < -0.3 is 10.2 Å². The highest BCUT2D eigenvalue weighted by molar-refractivity contribution is 8.65. The normalized spacial score (nSPS) is 12.7. The third kappa shape index (κ3) is 3.27. The largest absolute Gasteiger partial charge is 0.394 e. The second-order valence-electron chi connectivity index (χ2n) is 4.04. The minimum atomic E-state index is -5.45. The molecule has 0 amide bonds. The number of anilines is 1. The molecule has 0 atom stereocenters. The molecule has 0 heterocycles. The average molecular weight is 325 g/mol. The fourth-order valence-electron chi connectivity index (χ4n) is 1.52. The van der Waals surface area contributed by atoms with E-state index in [4.69, 9.17) is 14.8 Å². The van der Waals surface area contributed by atoms with E-state index in [0.29, 0.717) is 0 Å². The van der Waals surface area contributed by atoms with Crippen LogP contribution in [0.25, 0.3) is 0 Å². The van der Waals surface area contributed by atoms with Gasteiger partial charge in [-0.3, -0.25) is 4.55 Å². The molecule has 0 fully saturated rings. The van der Waals surface area contributed by atoms with Crippen molar-refractivity contribution < 1.29 is 31.6 Å². The van der Waals surface area contributed by atoms with Crippen LogP contribution < -0.4 is 4.31 Å². The first-order valence-corrected chi connectivity index (χ1v) is 8.85. The molecule has 10 heteroatoms. The number of hydrogen-bond donors (Lipinski definition) is 3. The van der Waals surface area contributed by atoms with Crippen LogP contribution in [0, 0.1) is 6.92 Å². The summed E-state index contributed by atoms with van der Waals surface area (Å²) in [4.78, 5) is 0. The summed E-state index contributed by atoms with van der Waals surface area (Å²) in [5, 5.41) is 18.2. The fraction of sp³-hybridized carbons (Fsp3) is 0.400. The predicted molar refractivity (Wildman–Crippen MR) is 72.1 cm³/mol. The van der Waals surface area contributed by atoms with Crippen LogP contribution in [0.5, 0.6) is 0 Å². The third-order valence-electron chi connectivity index (χ3n) is 2.55.